The molecule has 0 saturated carbocycles. The van der Waals surface area contributed by atoms with Gasteiger partial charge in [-0.05, 0) is 37.1 Å². The summed E-state index contributed by atoms with van der Waals surface area (Å²) in [6.45, 7) is 5.34. The first kappa shape index (κ1) is 15.5. The molecule has 1 heterocycles. The van der Waals surface area contributed by atoms with E-state index in [1.165, 1.54) is 0 Å². The molecule has 3 N–H and O–H groups in total. The van der Waals surface area contributed by atoms with Gasteiger partial charge in [-0.25, -0.2) is 0 Å². The molecule has 0 spiro atoms. The number of hydrogen-bond donors (Lipinski definition) is 2. The SMILES string of the molecule is CCN1CCC(NC(=O)Cc2ccc(C(N)=O)cc2)CC1. The normalized spacial score (nSPS) is 16.6. The average molecular weight is 289 g/mol. The zero-order valence-electron chi connectivity index (χ0n) is 12.5. The molecule has 1 aliphatic heterocycles. The number of hydrogen-bond acceptors (Lipinski definition) is 3. The monoisotopic (exact) mass is 289 g/mol. The van der Waals surface area contributed by atoms with Gasteiger partial charge in [0.05, 0.1) is 6.42 Å². The van der Waals surface area contributed by atoms with Gasteiger partial charge in [0.15, 0.2) is 0 Å². The van der Waals surface area contributed by atoms with Crippen LogP contribution in [0.15, 0.2) is 24.3 Å². The van der Waals surface area contributed by atoms with Crippen molar-refractivity contribution in [3.63, 3.8) is 0 Å². The van der Waals surface area contributed by atoms with Crippen LogP contribution < -0.4 is 11.1 Å². The summed E-state index contributed by atoms with van der Waals surface area (Å²) >= 11 is 0. The largest absolute Gasteiger partial charge is 0.366 e. The van der Waals surface area contributed by atoms with Crippen molar-refractivity contribution in [2.45, 2.75) is 32.2 Å². The van der Waals surface area contributed by atoms with Gasteiger partial charge in [0, 0.05) is 24.7 Å². The average Bonchev–Trinajstić information content (AvgIpc) is 2.48. The van der Waals surface area contributed by atoms with Crippen LogP contribution in [0.3, 0.4) is 0 Å². The molecule has 1 aliphatic rings. The van der Waals surface area contributed by atoms with Gasteiger partial charge in [-0.15, -0.1) is 0 Å². The first-order valence-corrected chi connectivity index (χ1v) is 7.49. The number of carbonyl (C=O) groups excluding carboxylic acids is 2. The second-order valence-electron chi connectivity index (χ2n) is 5.51. The Morgan fingerprint density at radius 1 is 1.24 bits per heavy atom. The van der Waals surface area contributed by atoms with Crippen LogP contribution in [0.5, 0.6) is 0 Å². The van der Waals surface area contributed by atoms with Gasteiger partial charge in [-0.2, -0.15) is 0 Å². The maximum Gasteiger partial charge on any atom is 0.248 e. The molecule has 114 valence electrons. The van der Waals surface area contributed by atoms with Crippen LogP contribution in [-0.2, 0) is 11.2 Å². The number of carbonyl (C=O) groups is 2. The fourth-order valence-electron chi connectivity index (χ4n) is 2.64. The second-order valence-corrected chi connectivity index (χ2v) is 5.51. The van der Waals surface area contributed by atoms with E-state index in [0.29, 0.717) is 12.0 Å². The number of nitrogens with one attached hydrogen (secondary N) is 1. The molecule has 21 heavy (non-hydrogen) atoms. The van der Waals surface area contributed by atoms with Crippen LogP contribution in [0, 0.1) is 0 Å². The zero-order valence-corrected chi connectivity index (χ0v) is 12.5. The molecule has 0 atom stereocenters. The molecule has 0 radical (unpaired) electrons. The third-order valence-corrected chi connectivity index (χ3v) is 4.00. The maximum atomic E-state index is 12.0. The molecule has 2 rings (SSSR count). The third kappa shape index (κ3) is 4.56. The van der Waals surface area contributed by atoms with Crippen LogP contribution >= 0.6 is 0 Å². The first-order chi connectivity index (χ1) is 10.1. The van der Waals surface area contributed by atoms with Crippen molar-refractivity contribution >= 4 is 11.8 Å². The van der Waals surface area contributed by atoms with Crippen molar-refractivity contribution in [3.8, 4) is 0 Å². The lowest BCUT2D eigenvalue weighted by Crippen LogP contribution is -2.44. The molecule has 0 aromatic heterocycles. The minimum Gasteiger partial charge on any atom is -0.366 e. The summed E-state index contributed by atoms with van der Waals surface area (Å²) in [5.74, 6) is -0.412. The predicted octanol–water partition coefficient (Wildman–Crippen LogP) is 0.928. The van der Waals surface area contributed by atoms with E-state index in [1.807, 2.05) is 0 Å². The van der Waals surface area contributed by atoms with Gasteiger partial charge < -0.3 is 16.0 Å². The van der Waals surface area contributed by atoms with E-state index < -0.39 is 5.91 Å². The van der Waals surface area contributed by atoms with Gasteiger partial charge in [0.2, 0.25) is 11.8 Å². The smallest absolute Gasteiger partial charge is 0.248 e. The quantitative estimate of drug-likeness (QED) is 0.846. The Labute approximate surface area is 125 Å². The fourth-order valence-corrected chi connectivity index (χ4v) is 2.64. The molecule has 1 aromatic carbocycles. The Morgan fingerprint density at radius 3 is 2.38 bits per heavy atom. The lowest BCUT2D eigenvalue weighted by Gasteiger charge is -2.31. The molecule has 1 fully saturated rings. The molecule has 1 aromatic rings. The van der Waals surface area contributed by atoms with E-state index in [4.69, 9.17) is 5.73 Å². The summed E-state index contributed by atoms with van der Waals surface area (Å²) in [5.41, 5.74) is 6.55. The molecule has 1 saturated heterocycles. The summed E-state index contributed by atoms with van der Waals surface area (Å²) < 4.78 is 0. The van der Waals surface area contributed by atoms with Gasteiger partial charge in [0.25, 0.3) is 0 Å². The molecule has 0 bridgehead atoms. The summed E-state index contributed by atoms with van der Waals surface area (Å²) in [4.78, 5) is 25.4. The highest BCUT2D eigenvalue weighted by Crippen LogP contribution is 2.10. The number of primary amides is 1. The van der Waals surface area contributed by atoms with Crippen LogP contribution in [0.25, 0.3) is 0 Å². The van der Waals surface area contributed by atoms with Gasteiger partial charge in [0.1, 0.15) is 0 Å². The van der Waals surface area contributed by atoms with Crippen LogP contribution in [0.4, 0.5) is 0 Å². The maximum absolute atomic E-state index is 12.0. The Hall–Kier alpha value is -1.88. The highest BCUT2D eigenvalue weighted by Gasteiger charge is 2.19. The lowest BCUT2D eigenvalue weighted by molar-refractivity contribution is -0.121. The number of nitrogens with two attached hydrogens (primary N) is 1. The molecule has 5 nitrogen and oxygen atoms in total. The number of benzene rings is 1. The van der Waals surface area contributed by atoms with Crippen molar-refractivity contribution in [2.75, 3.05) is 19.6 Å². The lowest BCUT2D eigenvalue weighted by atomic mass is 10.0. The van der Waals surface area contributed by atoms with E-state index in [0.717, 1.165) is 38.0 Å². The van der Waals surface area contributed by atoms with Crippen molar-refractivity contribution in [2.24, 2.45) is 5.73 Å². The molecule has 0 unspecified atom stereocenters. The van der Waals surface area contributed by atoms with Crippen molar-refractivity contribution < 1.29 is 9.59 Å². The summed E-state index contributed by atoms with van der Waals surface area (Å²) in [7, 11) is 0. The fraction of sp³-hybridized carbons (Fsp3) is 0.500. The van der Waals surface area contributed by atoms with Crippen LogP contribution in [0.1, 0.15) is 35.7 Å². The second kappa shape index (κ2) is 7.22. The number of rotatable bonds is 5. The Kier molecular flexibility index (Phi) is 5.33. The third-order valence-electron chi connectivity index (χ3n) is 4.00. The Morgan fingerprint density at radius 2 is 1.86 bits per heavy atom. The van der Waals surface area contributed by atoms with E-state index in [-0.39, 0.29) is 11.9 Å². The van der Waals surface area contributed by atoms with Gasteiger partial charge in [-0.3, -0.25) is 9.59 Å². The zero-order chi connectivity index (χ0) is 15.2. The van der Waals surface area contributed by atoms with E-state index in [1.54, 1.807) is 24.3 Å². The van der Waals surface area contributed by atoms with Gasteiger partial charge >= 0.3 is 0 Å². The Bertz CT molecular complexity index is 491. The summed E-state index contributed by atoms with van der Waals surface area (Å²) in [5, 5.41) is 3.09. The summed E-state index contributed by atoms with van der Waals surface area (Å²) in [6, 6.07) is 7.15. The highest BCUT2D eigenvalue weighted by atomic mass is 16.2. The standard InChI is InChI=1S/C16H23N3O2/c1-2-19-9-7-14(8-10-19)18-15(20)11-12-3-5-13(6-4-12)16(17)21/h3-6,14H,2,7-11H2,1H3,(H2,17,21)(H,18,20). The molecular weight excluding hydrogens is 266 g/mol. The number of likely N-dealkylation sites (tertiary alicyclic amines) is 1. The number of nitrogens with zero attached hydrogens (tertiary/aromatic N) is 1. The first-order valence-electron chi connectivity index (χ1n) is 7.49. The summed E-state index contributed by atoms with van der Waals surface area (Å²) in [6.07, 6.45) is 2.37. The van der Waals surface area contributed by atoms with Crippen LogP contribution in [0.2, 0.25) is 0 Å². The molecule has 0 aliphatic carbocycles. The highest BCUT2D eigenvalue weighted by molar-refractivity contribution is 5.92. The minimum absolute atomic E-state index is 0.0387. The minimum atomic E-state index is -0.450. The van der Waals surface area contributed by atoms with E-state index in [9.17, 15) is 9.59 Å². The molecule has 5 heteroatoms. The van der Waals surface area contributed by atoms with E-state index in [2.05, 4.69) is 17.1 Å². The number of piperidine rings is 1. The van der Waals surface area contributed by atoms with E-state index >= 15 is 0 Å². The van der Waals surface area contributed by atoms with Crippen molar-refractivity contribution in [3.05, 3.63) is 35.4 Å². The molecule has 2 amide bonds. The van der Waals surface area contributed by atoms with Crippen molar-refractivity contribution in [1.29, 1.82) is 0 Å². The molecular formula is C16H23N3O2. The Balaban J connectivity index is 1.80. The van der Waals surface area contributed by atoms with Crippen molar-refractivity contribution in [1.82, 2.24) is 10.2 Å². The topological polar surface area (TPSA) is 75.4 Å². The van der Waals surface area contributed by atoms with Crippen LogP contribution in [-0.4, -0.2) is 42.4 Å². The predicted molar refractivity (Wildman–Crippen MR) is 81.9 cm³/mol. The van der Waals surface area contributed by atoms with Gasteiger partial charge in [-0.1, -0.05) is 19.1 Å². The number of amides is 2.